The van der Waals surface area contributed by atoms with Crippen molar-refractivity contribution in [2.24, 2.45) is 0 Å². The van der Waals surface area contributed by atoms with E-state index in [0.717, 1.165) is 44.1 Å². The predicted octanol–water partition coefficient (Wildman–Crippen LogP) is 10.0. The van der Waals surface area contributed by atoms with Gasteiger partial charge in [0.25, 0.3) is 0 Å². The number of rotatable bonds is 4. The van der Waals surface area contributed by atoms with Crippen molar-refractivity contribution in [3.05, 3.63) is 145 Å². The summed E-state index contributed by atoms with van der Waals surface area (Å²) in [5.74, 6) is 1.95. The molecule has 8 aromatic rings. The standard InChI is InChI=1S/C40H28N4/c1-25-23-35(32-14-6-5-12-30(32)26(25)2)39-42-38(28-20-18-27(19-21-28)37-17-9-10-22-41-37)43-40(44-39)36-24-29-11-3-4-13-31(29)33-15-7-8-16-34(33)36/h3-24H,1-2H3. The van der Waals surface area contributed by atoms with E-state index in [9.17, 15) is 0 Å². The van der Waals surface area contributed by atoms with Gasteiger partial charge in [-0.15, -0.1) is 0 Å². The molecule has 2 heterocycles. The molecule has 0 fully saturated rings. The lowest BCUT2D eigenvalue weighted by Gasteiger charge is -2.15. The average Bonchev–Trinajstić information content (AvgIpc) is 3.10. The summed E-state index contributed by atoms with van der Waals surface area (Å²) in [6.07, 6.45) is 1.82. The summed E-state index contributed by atoms with van der Waals surface area (Å²) >= 11 is 0. The van der Waals surface area contributed by atoms with Gasteiger partial charge in [-0.25, -0.2) is 15.0 Å². The van der Waals surface area contributed by atoms with E-state index >= 15 is 0 Å². The van der Waals surface area contributed by atoms with Crippen LogP contribution in [-0.2, 0) is 0 Å². The zero-order valence-electron chi connectivity index (χ0n) is 24.5. The van der Waals surface area contributed by atoms with Gasteiger partial charge in [-0.1, -0.05) is 103 Å². The first kappa shape index (κ1) is 25.9. The van der Waals surface area contributed by atoms with Crippen molar-refractivity contribution in [1.82, 2.24) is 19.9 Å². The minimum Gasteiger partial charge on any atom is -0.256 e. The van der Waals surface area contributed by atoms with E-state index < -0.39 is 0 Å². The summed E-state index contributed by atoms with van der Waals surface area (Å²) < 4.78 is 0. The molecular weight excluding hydrogens is 536 g/mol. The number of pyridine rings is 1. The second-order valence-corrected chi connectivity index (χ2v) is 11.2. The number of fused-ring (bicyclic) bond motifs is 4. The molecule has 6 aromatic carbocycles. The lowest BCUT2D eigenvalue weighted by atomic mass is 9.95. The number of benzene rings is 6. The van der Waals surface area contributed by atoms with E-state index in [1.54, 1.807) is 0 Å². The maximum absolute atomic E-state index is 5.21. The van der Waals surface area contributed by atoms with Gasteiger partial charge in [0.2, 0.25) is 0 Å². The van der Waals surface area contributed by atoms with E-state index in [1.807, 2.05) is 24.4 Å². The zero-order valence-corrected chi connectivity index (χ0v) is 24.5. The number of nitrogens with zero attached hydrogens (tertiary/aromatic N) is 4. The number of aryl methyl sites for hydroxylation is 2. The monoisotopic (exact) mass is 564 g/mol. The highest BCUT2D eigenvalue weighted by atomic mass is 15.0. The Morgan fingerprint density at radius 1 is 0.432 bits per heavy atom. The van der Waals surface area contributed by atoms with Crippen LogP contribution in [0, 0.1) is 13.8 Å². The predicted molar refractivity (Wildman–Crippen MR) is 181 cm³/mol. The van der Waals surface area contributed by atoms with Crippen LogP contribution in [0.25, 0.3) is 77.7 Å². The molecule has 0 N–H and O–H groups in total. The molecule has 4 heteroatoms. The molecule has 0 spiro atoms. The van der Waals surface area contributed by atoms with Crippen molar-refractivity contribution in [3.63, 3.8) is 0 Å². The van der Waals surface area contributed by atoms with Crippen LogP contribution in [0.1, 0.15) is 11.1 Å². The Hall–Kier alpha value is -5.74. The van der Waals surface area contributed by atoms with Crippen LogP contribution in [0.5, 0.6) is 0 Å². The molecule has 208 valence electrons. The Morgan fingerprint density at radius 3 is 1.68 bits per heavy atom. The van der Waals surface area contributed by atoms with Gasteiger partial charge in [0.05, 0.1) is 5.69 Å². The molecule has 8 rings (SSSR count). The SMILES string of the molecule is Cc1cc(-c2nc(-c3ccc(-c4ccccn4)cc3)nc(-c3cc4ccccc4c4ccccc34)n2)c2ccccc2c1C. The van der Waals surface area contributed by atoms with Gasteiger partial charge in [0.1, 0.15) is 0 Å². The minimum atomic E-state index is 0.636. The second kappa shape index (κ2) is 10.5. The largest absolute Gasteiger partial charge is 0.256 e. The Balaban J connectivity index is 1.40. The van der Waals surface area contributed by atoms with Gasteiger partial charge in [0, 0.05) is 28.5 Å². The van der Waals surface area contributed by atoms with Crippen LogP contribution in [0.15, 0.2) is 134 Å². The third-order valence-corrected chi connectivity index (χ3v) is 8.56. The van der Waals surface area contributed by atoms with Crippen molar-refractivity contribution < 1.29 is 0 Å². The van der Waals surface area contributed by atoms with Gasteiger partial charge >= 0.3 is 0 Å². The summed E-state index contributed by atoms with van der Waals surface area (Å²) in [5, 5.41) is 7.01. The second-order valence-electron chi connectivity index (χ2n) is 11.2. The molecule has 0 aliphatic rings. The van der Waals surface area contributed by atoms with Gasteiger partial charge in [-0.05, 0) is 81.6 Å². The summed E-state index contributed by atoms with van der Waals surface area (Å²) in [6.45, 7) is 4.33. The maximum atomic E-state index is 5.21. The van der Waals surface area contributed by atoms with Crippen LogP contribution < -0.4 is 0 Å². The van der Waals surface area contributed by atoms with E-state index in [0.29, 0.717) is 17.5 Å². The Morgan fingerprint density at radius 2 is 0.977 bits per heavy atom. The quantitative estimate of drug-likeness (QED) is 0.200. The lowest BCUT2D eigenvalue weighted by Crippen LogP contribution is -2.02. The Kier molecular flexibility index (Phi) is 6.20. The van der Waals surface area contributed by atoms with Crippen molar-refractivity contribution in [3.8, 4) is 45.4 Å². The molecule has 44 heavy (non-hydrogen) atoms. The smallest absolute Gasteiger partial charge is 0.164 e. The summed E-state index contributed by atoms with van der Waals surface area (Å²) in [7, 11) is 0. The van der Waals surface area contributed by atoms with E-state index in [2.05, 4.69) is 128 Å². The van der Waals surface area contributed by atoms with E-state index in [-0.39, 0.29) is 0 Å². The first-order chi connectivity index (χ1) is 21.6. The topological polar surface area (TPSA) is 51.6 Å². The van der Waals surface area contributed by atoms with Gasteiger partial charge in [0.15, 0.2) is 17.5 Å². The minimum absolute atomic E-state index is 0.636. The first-order valence-electron chi connectivity index (χ1n) is 14.8. The molecule has 0 saturated carbocycles. The fourth-order valence-electron chi connectivity index (χ4n) is 6.15. The van der Waals surface area contributed by atoms with Gasteiger partial charge in [-0.2, -0.15) is 0 Å². The van der Waals surface area contributed by atoms with Crippen molar-refractivity contribution >= 4 is 32.3 Å². The van der Waals surface area contributed by atoms with Gasteiger partial charge in [-0.3, -0.25) is 4.98 Å². The maximum Gasteiger partial charge on any atom is 0.164 e. The van der Waals surface area contributed by atoms with Crippen molar-refractivity contribution in [2.75, 3.05) is 0 Å². The van der Waals surface area contributed by atoms with E-state index in [1.165, 1.54) is 27.3 Å². The highest BCUT2D eigenvalue weighted by molar-refractivity contribution is 6.13. The molecule has 0 atom stereocenters. The average molecular weight is 565 g/mol. The van der Waals surface area contributed by atoms with Gasteiger partial charge < -0.3 is 0 Å². The van der Waals surface area contributed by atoms with Crippen LogP contribution in [-0.4, -0.2) is 19.9 Å². The number of hydrogen-bond acceptors (Lipinski definition) is 4. The molecule has 0 amide bonds. The zero-order chi connectivity index (χ0) is 29.6. The number of hydrogen-bond donors (Lipinski definition) is 0. The Bertz CT molecular complexity index is 2340. The fourth-order valence-corrected chi connectivity index (χ4v) is 6.15. The molecular formula is C40H28N4. The molecule has 0 aliphatic heterocycles. The molecule has 2 aromatic heterocycles. The van der Waals surface area contributed by atoms with Crippen LogP contribution >= 0.6 is 0 Å². The highest BCUT2D eigenvalue weighted by Crippen LogP contribution is 2.37. The number of aromatic nitrogens is 4. The van der Waals surface area contributed by atoms with Crippen molar-refractivity contribution in [1.29, 1.82) is 0 Å². The Labute approximate surface area is 255 Å². The van der Waals surface area contributed by atoms with Crippen molar-refractivity contribution in [2.45, 2.75) is 13.8 Å². The highest BCUT2D eigenvalue weighted by Gasteiger charge is 2.18. The molecule has 0 bridgehead atoms. The molecule has 0 unspecified atom stereocenters. The molecule has 0 radical (unpaired) electrons. The third-order valence-electron chi connectivity index (χ3n) is 8.56. The summed E-state index contributed by atoms with van der Waals surface area (Å²) in [5.41, 5.74) is 7.37. The summed E-state index contributed by atoms with van der Waals surface area (Å²) in [4.78, 5) is 20.0. The van der Waals surface area contributed by atoms with Crippen LogP contribution in [0.3, 0.4) is 0 Å². The summed E-state index contributed by atoms with van der Waals surface area (Å²) in [6, 6.07) is 44.2. The molecule has 0 aliphatic carbocycles. The molecule has 4 nitrogen and oxygen atoms in total. The van der Waals surface area contributed by atoms with Crippen LogP contribution in [0.2, 0.25) is 0 Å². The fraction of sp³-hybridized carbons (Fsp3) is 0.0500. The lowest BCUT2D eigenvalue weighted by molar-refractivity contribution is 1.08. The first-order valence-corrected chi connectivity index (χ1v) is 14.8. The normalized spacial score (nSPS) is 11.4. The molecule has 0 saturated heterocycles. The van der Waals surface area contributed by atoms with Crippen LogP contribution in [0.4, 0.5) is 0 Å². The third kappa shape index (κ3) is 4.40. The van der Waals surface area contributed by atoms with E-state index in [4.69, 9.17) is 15.0 Å².